The molecule has 1 aliphatic heterocycles. The van der Waals surface area contributed by atoms with Crippen molar-refractivity contribution in [3.8, 4) is 0 Å². The normalized spacial score (nSPS) is 18.9. The first-order valence-corrected chi connectivity index (χ1v) is 9.09. The number of rotatable bonds is 3. The summed E-state index contributed by atoms with van der Waals surface area (Å²) in [5.41, 5.74) is 1.37. The third-order valence-electron chi connectivity index (χ3n) is 4.13. The lowest BCUT2D eigenvalue weighted by atomic mass is 10.2. The maximum Gasteiger partial charge on any atom is 0.265 e. The molecular weight excluding hydrogens is 333 g/mol. The van der Waals surface area contributed by atoms with Crippen molar-refractivity contribution in [1.29, 1.82) is 0 Å². The van der Waals surface area contributed by atoms with Gasteiger partial charge in [0.05, 0.1) is 10.6 Å². The van der Waals surface area contributed by atoms with Crippen LogP contribution in [0.4, 0.5) is 4.39 Å². The number of aryl methyl sites for hydroxylation is 2. The predicted octanol–water partition coefficient (Wildman–Crippen LogP) is 2.13. The summed E-state index contributed by atoms with van der Waals surface area (Å²) in [6.45, 7) is 3.79. The summed E-state index contributed by atoms with van der Waals surface area (Å²) in [4.78, 5) is 12.7. The molecule has 128 valence electrons. The quantitative estimate of drug-likeness (QED) is 0.849. The number of nitrogens with zero attached hydrogens (tertiary/aromatic N) is 3. The molecule has 1 aromatic heterocycles. The van der Waals surface area contributed by atoms with Crippen LogP contribution in [0, 0.1) is 19.7 Å². The van der Waals surface area contributed by atoms with Crippen LogP contribution in [-0.2, 0) is 10.0 Å². The molecule has 8 heteroatoms. The Morgan fingerprint density at radius 3 is 2.50 bits per heavy atom. The van der Waals surface area contributed by atoms with Gasteiger partial charge in [-0.05, 0) is 57.0 Å². The van der Waals surface area contributed by atoms with Crippen LogP contribution in [0.5, 0.6) is 0 Å². The van der Waals surface area contributed by atoms with Crippen LogP contribution in [0.2, 0.25) is 0 Å². The Morgan fingerprint density at radius 1 is 1.25 bits per heavy atom. The van der Waals surface area contributed by atoms with E-state index in [-0.39, 0.29) is 17.3 Å². The van der Waals surface area contributed by atoms with Crippen molar-refractivity contribution in [2.45, 2.75) is 37.6 Å². The average Bonchev–Trinajstić information content (AvgIpc) is 3.14. The smallest absolute Gasteiger partial charge is 0.265 e. The van der Waals surface area contributed by atoms with Crippen molar-refractivity contribution < 1.29 is 17.6 Å². The fraction of sp³-hybridized carbons (Fsp3) is 0.375. The van der Waals surface area contributed by atoms with Crippen molar-refractivity contribution in [1.82, 2.24) is 14.1 Å². The van der Waals surface area contributed by atoms with Crippen LogP contribution in [0.3, 0.4) is 0 Å². The van der Waals surface area contributed by atoms with Gasteiger partial charge in [-0.25, -0.2) is 17.5 Å². The molecule has 2 heterocycles. The molecule has 0 radical (unpaired) electrons. The lowest BCUT2D eigenvalue weighted by Crippen LogP contribution is -2.43. The zero-order valence-corrected chi connectivity index (χ0v) is 14.3. The second-order valence-electron chi connectivity index (χ2n) is 5.90. The number of aromatic nitrogens is 2. The highest BCUT2D eigenvalue weighted by atomic mass is 32.2. The average molecular weight is 351 g/mol. The molecule has 0 aliphatic carbocycles. The Hall–Kier alpha value is -2.06. The highest BCUT2D eigenvalue weighted by Gasteiger charge is 2.40. The third kappa shape index (κ3) is 2.87. The van der Waals surface area contributed by atoms with E-state index in [9.17, 15) is 17.6 Å². The zero-order valence-electron chi connectivity index (χ0n) is 13.4. The molecule has 0 spiro atoms. The molecule has 1 atom stereocenters. The molecule has 2 aromatic rings. The standard InChI is InChI=1S/C16H18FN3O3S/c1-11-10-12(2)20(18-11)16(21)15-4-3-9-19(15)24(22,23)14-7-5-13(17)6-8-14/h5-8,10,15H,3-4,9H2,1-2H3. The molecule has 24 heavy (non-hydrogen) atoms. The molecular formula is C16H18FN3O3S. The summed E-state index contributed by atoms with van der Waals surface area (Å²) in [6.07, 6.45) is 1.04. The fourth-order valence-corrected chi connectivity index (χ4v) is 4.66. The fourth-order valence-electron chi connectivity index (χ4n) is 3.01. The molecule has 0 bridgehead atoms. The van der Waals surface area contributed by atoms with Crippen LogP contribution in [-0.4, -0.2) is 41.0 Å². The summed E-state index contributed by atoms with van der Waals surface area (Å²) in [6, 6.07) is 5.60. The van der Waals surface area contributed by atoms with Crippen LogP contribution in [0.25, 0.3) is 0 Å². The van der Waals surface area contributed by atoms with E-state index in [4.69, 9.17) is 0 Å². The van der Waals surface area contributed by atoms with Gasteiger partial charge < -0.3 is 0 Å². The van der Waals surface area contributed by atoms with Gasteiger partial charge in [-0.1, -0.05) is 0 Å². The monoisotopic (exact) mass is 351 g/mol. The van der Waals surface area contributed by atoms with Crippen molar-refractivity contribution in [3.63, 3.8) is 0 Å². The molecule has 0 N–H and O–H groups in total. The number of carbonyl (C=O) groups excluding carboxylic acids is 1. The number of benzene rings is 1. The number of halogens is 1. The Labute approximate surface area is 139 Å². The zero-order chi connectivity index (χ0) is 17.5. The van der Waals surface area contributed by atoms with Crippen molar-refractivity contribution in [3.05, 3.63) is 47.5 Å². The topological polar surface area (TPSA) is 72.3 Å². The Balaban J connectivity index is 1.94. The molecule has 3 rings (SSSR count). The summed E-state index contributed by atoms with van der Waals surface area (Å²) in [7, 11) is -3.86. The maximum absolute atomic E-state index is 13.1. The summed E-state index contributed by atoms with van der Waals surface area (Å²) in [5, 5.41) is 4.15. The molecule has 0 saturated carbocycles. The second kappa shape index (κ2) is 6.10. The maximum atomic E-state index is 13.1. The van der Waals surface area contributed by atoms with Crippen molar-refractivity contribution in [2.24, 2.45) is 0 Å². The highest BCUT2D eigenvalue weighted by molar-refractivity contribution is 7.89. The van der Waals surface area contributed by atoms with Crippen molar-refractivity contribution >= 4 is 15.9 Å². The van der Waals surface area contributed by atoms with E-state index in [0.717, 1.165) is 12.1 Å². The van der Waals surface area contributed by atoms with E-state index in [2.05, 4.69) is 5.10 Å². The summed E-state index contributed by atoms with van der Waals surface area (Å²) < 4.78 is 41.1. The minimum atomic E-state index is -3.86. The lowest BCUT2D eigenvalue weighted by Gasteiger charge is -2.23. The van der Waals surface area contributed by atoms with Gasteiger partial charge in [0.1, 0.15) is 11.9 Å². The summed E-state index contributed by atoms with van der Waals surface area (Å²) in [5.74, 6) is -0.866. The molecule has 1 unspecified atom stereocenters. The number of sulfonamides is 1. The minimum Gasteiger partial charge on any atom is -0.271 e. The predicted molar refractivity (Wildman–Crippen MR) is 85.6 cm³/mol. The van der Waals surface area contributed by atoms with Gasteiger partial charge in [0.25, 0.3) is 5.91 Å². The van der Waals surface area contributed by atoms with Gasteiger partial charge in [0.15, 0.2) is 0 Å². The Morgan fingerprint density at radius 2 is 1.92 bits per heavy atom. The van der Waals surface area contributed by atoms with E-state index in [1.54, 1.807) is 19.9 Å². The first kappa shape index (κ1) is 16.8. The van der Waals surface area contributed by atoms with Gasteiger partial charge in [-0.3, -0.25) is 4.79 Å². The molecule has 1 aliphatic rings. The SMILES string of the molecule is Cc1cc(C)n(C(=O)C2CCCN2S(=O)(=O)c2ccc(F)cc2)n1. The number of hydrogen-bond donors (Lipinski definition) is 0. The highest BCUT2D eigenvalue weighted by Crippen LogP contribution is 2.27. The lowest BCUT2D eigenvalue weighted by molar-refractivity contribution is 0.0813. The first-order chi connectivity index (χ1) is 11.3. The van der Waals surface area contributed by atoms with Gasteiger partial charge in [0.2, 0.25) is 10.0 Å². The van der Waals surface area contributed by atoms with Gasteiger partial charge >= 0.3 is 0 Å². The van der Waals surface area contributed by atoms with Gasteiger partial charge in [0, 0.05) is 12.2 Å². The first-order valence-electron chi connectivity index (χ1n) is 7.65. The summed E-state index contributed by atoms with van der Waals surface area (Å²) >= 11 is 0. The van der Waals surface area contributed by atoms with Crippen LogP contribution >= 0.6 is 0 Å². The van der Waals surface area contributed by atoms with Crippen LogP contribution < -0.4 is 0 Å². The Bertz CT molecular complexity index is 874. The van der Waals surface area contributed by atoms with Crippen LogP contribution in [0.1, 0.15) is 29.0 Å². The van der Waals surface area contributed by atoms with E-state index in [1.165, 1.54) is 21.1 Å². The Kier molecular flexibility index (Phi) is 4.27. The van der Waals surface area contributed by atoms with E-state index < -0.39 is 21.9 Å². The molecule has 6 nitrogen and oxygen atoms in total. The molecule has 0 amide bonds. The second-order valence-corrected chi connectivity index (χ2v) is 7.80. The van der Waals surface area contributed by atoms with Gasteiger partial charge in [-0.15, -0.1) is 0 Å². The molecule has 1 fully saturated rings. The van der Waals surface area contributed by atoms with Crippen molar-refractivity contribution in [2.75, 3.05) is 6.54 Å². The number of hydrogen-bond acceptors (Lipinski definition) is 4. The van der Waals surface area contributed by atoms with Gasteiger partial charge in [-0.2, -0.15) is 9.40 Å². The van der Waals surface area contributed by atoms with E-state index in [1.807, 2.05) is 0 Å². The van der Waals surface area contributed by atoms with Crippen LogP contribution in [0.15, 0.2) is 35.2 Å². The molecule has 1 saturated heterocycles. The minimum absolute atomic E-state index is 0.0167. The largest absolute Gasteiger partial charge is 0.271 e. The number of carbonyl (C=O) groups is 1. The third-order valence-corrected chi connectivity index (χ3v) is 6.05. The molecule has 1 aromatic carbocycles. The van der Waals surface area contributed by atoms with E-state index in [0.29, 0.717) is 24.2 Å². The van der Waals surface area contributed by atoms with E-state index >= 15 is 0 Å².